The fraction of sp³-hybridized carbons (Fsp3) is 0.926. The summed E-state index contributed by atoms with van der Waals surface area (Å²) in [6.07, 6.45) is 6.52. The van der Waals surface area contributed by atoms with Crippen LogP contribution >= 0.6 is 0 Å². The molecule has 0 bridgehead atoms. The van der Waals surface area contributed by atoms with Crippen LogP contribution in [-0.2, 0) is 0 Å². The van der Waals surface area contributed by atoms with Crippen molar-refractivity contribution in [2.24, 2.45) is 40.4 Å². The van der Waals surface area contributed by atoms with Crippen LogP contribution in [0.4, 0.5) is 13.2 Å². The van der Waals surface area contributed by atoms with Crippen molar-refractivity contribution in [3.8, 4) is 0 Å². The van der Waals surface area contributed by atoms with Gasteiger partial charge >= 0.3 is 6.18 Å². The Bertz CT molecular complexity index is 754. The van der Waals surface area contributed by atoms with Gasteiger partial charge in [0, 0.05) is 0 Å². The van der Waals surface area contributed by atoms with Gasteiger partial charge in [0.1, 0.15) is 0 Å². The number of rotatable bonds is 4. The highest BCUT2D eigenvalue weighted by Gasteiger charge is 2.60. The van der Waals surface area contributed by atoms with E-state index in [-0.39, 0.29) is 23.2 Å². The van der Waals surface area contributed by atoms with Crippen LogP contribution in [0.15, 0.2) is 11.6 Å². The fourth-order valence-corrected chi connectivity index (χ4v) is 8.63. The number of alkyl halides is 3. The van der Waals surface area contributed by atoms with Crippen molar-refractivity contribution in [2.75, 3.05) is 0 Å². The van der Waals surface area contributed by atoms with Gasteiger partial charge in [0.05, 0.1) is 5.60 Å². The first-order chi connectivity index (χ1) is 14.6. The second-order valence-corrected chi connectivity index (χ2v) is 12.9. The molecule has 184 valence electrons. The molecule has 0 aromatic heterocycles. The molecule has 4 aliphatic rings. The Morgan fingerprint density at radius 2 is 1.75 bits per heavy atom. The first-order valence-corrected chi connectivity index (χ1v) is 12.8. The van der Waals surface area contributed by atoms with Gasteiger partial charge in [-0.1, -0.05) is 32.4 Å². The second-order valence-electron chi connectivity index (χ2n) is 12.9. The van der Waals surface area contributed by atoms with E-state index in [1.165, 1.54) is 18.4 Å². The fourth-order valence-electron chi connectivity index (χ4n) is 8.63. The largest absolute Gasteiger partial charge is 0.416 e. The lowest BCUT2D eigenvalue weighted by molar-refractivity contribution is -0.256. The quantitative estimate of drug-likeness (QED) is 0.445. The summed E-state index contributed by atoms with van der Waals surface area (Å²) in [4.78, 5) is 0. The number of allylic oxidation sites excluding steroid dienone is 1. The van der Waals surface area contributed by atoms with Crippen molar-refractivity contribution < 1.29 is 23.4 Å². The normalized spacial score (nSPS) is 47.0. The SMILES string of the molecule is C[C@H](CC[C@@](C)(O)C(F)(F)F)[C@H]1CC[C@H]2[C@@H]3CC=C4C[C@@](C)(O)CC[C@]4(C)C3CC[C@]12C. The van der Waals surface area contributed by atoms with E-state index in [2.05, 4.69) is 26.8 Å². The summed E-state index contributed by atoms with van der Waals surface area (Å²) >= 11 is 0. The maximum Gasteiger partial charge on any atom is 0.416 e. The van der Waals surface area contributed by atoms with Crippen LogP contribution < -0.4 is 0 Å². The summed E-state index contributed by atoms with van der Waals surface area (Å²) in [6.45, 7) is 9.84. The molecular weight excluding hydrogens is 413 g/mol. The third-order valence-corrected chi connectivity index (χ3v) is 10.8. The molecule has 0 aliphatic heterocycles. The van der Waals surface area contributed by atoms with E-state index in [1.54, 1.807) is 0 Å². The van der Waals surface area contributed by atoms with E-state index in [9.17, 15) is 23.4 Å². The number of aliphatic hydroxyl groups is 2. The Morgan fingerprint density at radius 3 is 2.41 bits per heavy atom. The van der Waals surface area contributed by atoms with Crippen molar-refractivity contribution in [2.45, 2.75) is 116 Å². The molecule has 0 spiro atoms. The summed E-state index contributed by atoms with van der Waals surface area (Å²) in [5, 5.41) is 20.6. The van der Waals surface area contributed by atoms with Crippen molar-refractivity contribution in [1.29, 1.82) is 0 Å². The molecule has 0 radical (unpaired) electrons. The van der Waals surface area contributed by atoms with Crippen LogP contribution in [0.2, 0.25) is 0 Å². The predicted octanol–water partition coefficient (Wildman–Crippen LogP) is 7.05. The van der Waals surface area contributed by atoms with E-state index in [1.807, 2.05) is 6.92 Å². The highest BCUT2D eigenvalue weighted by Crippen LogP contribution is 2.67. The highest BCUT2D eigenvalue weighted by molar-refractivity contribution is 5.26. The zero-order valence-corrected chi connectivity index (χ0v) is 20.6. The summed E-state index contributed by atoms with van der Waals surface area (Å²) < 4.78 is 39.4. The molecule has 0 saturated heterocycles. The Morgan fingerprint density at radius 1 is 1.06 bits per heavy atom. The van der Waals surface area contributed by atoms with Crippen LogP contribution in [0.1, 0.15) is 98.8 Å². The lowest BCUT2D eigenvalue weighted by Gasteiger charge is -2.59. The molecule has 0 heterocycles. The van der Waals surface area contributed by atoms with Gasteiger partial charge < -0.3 is 10.2 Å². The highest BCUT2D eigenvalue weighted by atomic mass is 19.4. The Hall–Kier alpha value is -0.550. The molecule has 1 unspecified atom stereocenters. The molecule has 3 fully saturated rings. The van der Waals surface area contributed by atoms with Gasteiger partial charge in [-0.15, -0.1) is 0 Å². The molecule has 9 atom stereocenters. The topological polar surface area (TPSA) is 40.5 Å². The average Bonchev–Trinajstić information content (AvgIpc) is 3.03. The molecule has 5 heteroatoms. The number of hydrogen-bond acceptors (Lipinski definition) is 2. The van der Waals surface area contributed by atoms with Crippen LogP contribution in [0.5, 0.6) is 0 Å². The first-order valence-electron chi connectivity index (χ1n) is 12.8. The van der Waals surface area contributed by atoms with Gasteiger partial charge in [-0.2, -0.15) is 13.2 Å². The van der Waals surface area contributed by atoms with E-state index in [4.69, 9.17) is 0 Å². The van der Waals surface area contributed by atoms with Crippen molar-refractivity contribution in [3.63, 3.8) is 0 Å². The molecule has 4 rings (SSSR count). The first kappa shape index (κ1) is 24.6. The zero-order valence-electron chi connectivity index (χ0n) is 20.6. The van der Waals surface area contributed by atoms with Crippen molar-refractivity contribution >= 4 is 0 Å². The smallest absolute Gasteiger partial charge is 0.390 e. The summed E-state index contributed by atoms with van der Waals surface area (Å²) in [5.41, 5.74) is -1.32. The Labute approximate surface area is 192 Å². The number of halogens is 3. The van der Waals surface area contributed by atoms with Gasteiger partial charge in [0.2, 0.25) is 0 Å². The van der Waals surface area contributed by atoms with E-state index in [0.29, 0.717) is 30.1 Å². The Balaban J connectivity index is 1.49. The molecule has 3 saturated carbocycles. The summed E-state index contributed by atoms with van der Waals surface area (Å²) in [6, 6.07) is 0. The minimum atomic E-state index is -4.57. The average molecular weight is 457 g/mol. The minimum absolute atomic E-state index is 0.186. The maximum absolute atomic E-state index is 13.1. The molecule has 4 aliphatic carbocycles. The summed E-state index contributed by atoms with van der Waals surface area (Å²) in [7, 11) is 0. The molecule has 0 aromatic rings. The van der Waals surface area contributed by atoms with Gasteiger partial charge in [0.25, 0.3) is 0 Å². The zero-order chi connectivity index (χ0) is 23.7. The second kappa shape index (κ2) is 7.73. The number of hydrogen-bond donors (Lipinski definition) is 2. The molecule has 2 N–H and O–H groups in total. The third kappa shape index (κ3) is 3.87. The molecular formula is C27H43F3O2. The predicted molar refractivity (Wildman–Crippen MR) is 121 cm³/mol. The maximum atomic E-state index is 13.1. The van der Waals surface area contributed by atoms with Gasteiger partial charge in [-0.3, -0.25) is 0 Å². The lowest BCUT2D eigenvalue weighted by atomic mass is 9.46. The molecule has 0 aromatic carbocycles. The number of fused-ring (bicyclic) bond motifs is 5. The van der Waals surface area contributed by atoms with Gasteiger partial charge in [0.15, 0.2) is 5.60 Å². The van der Waals surface area contributed by atoms with Crippen LogP contribution in [-0.4, -0.2) is 27.6 Å². The van der Waals surface area contributed by atoms with Crippen molar-refractivity contribution in [3.05, 3.63) is 11.6 Å². The standard InChI is InChI=1S/C27H43F3O2/c1-17(10-13-26(5,32)27(28,29)30)20-8-9-21-19-7-6-18-16-23(2,31)14-15-24(18,3)22(19)11-12-25(20,21)4/h6,17,19-22,31-32H,7-16H2,1-5H3/t17-,19+,20-,21+,22?,23+,24+,25-,26-/m1/s1. The molecule has 0 amide bonds. The van der Waals surface area contributed by atoms with Gasteiger partial charge in [-0.05, 0) is 118 Å². The van der Waals surface area contributed by atoms with Gasteiger partial charge in [-0.25, -0.2) is 0 Å². The van der Waals surface area contributed by atoms with Crippen LogP contribution in [0.3, 0.4) is 0 Å². The summed E-state index contributed by atoms with van der Waals surface area (Å²) in [5.74, 6) is 2.57. The molecule has 32 heavy (non-hydrogen) atoms. The van der Waals surface area contributed by atoms with Crippen molar-refractivity contribution in [1.82, 2.24) is 0 Å². The van der Waals surface area contributed by atoms with Crippen LogP contribution in [0, 0.1) is 40.4 Å². The minimum Gasteiger partial charge on any atom is -0.390 e. The lowest BCUT2D eigenvalue weighted by Crippen LogP contribution is -2.52. The van der Waals surface area contributed by atoms with Crippen LogP contribution in [0.25, 0.3) is 0 Å². The monoisotopic (exact) mass is 456 g/mol. The van der Waals surface area contributed by atoms with E-state index >= 15 is 0 Å². The molecule has 2 nitrogen and oxygen atoms in total. The Kier molecular flexibility index (Phi) is 5.94. The van der Waals surface area contributed by atoms with E-state index in [0.717, 1.165) is 45.4 Å². The van der Waals surface area contributed by atoms with E-state index < -0.39 is 17.4 Å². The third-order valence-electron chi connectivity index (χ3n) is 10.8.